The van der Waals surface area contributed by atoms with Crippen LogP contribution in [0.3, 0.4) is 0 Å². The van der Waals surface area contributed by atoms with E-state index in [0.29, 0.717) is 0 Å². The highest BCUT2D eigenvalue weighted by atomic mass is 16.1. The van der Waals surface area contributed by atoms with Gasteiger partial charge < -0.3 is 5.32 Å². The fraction of sp³-hybridized carbons (Fsp3) is 0.533. The van der Waals surface area contributed by atoms with Gasteiger partial charge in [-0.05, 0) is 36.1 Å². The van der Waals surface area contributed by atoms with Crippen LogP contribution in [0.5, 0.6) is 0 Å². The minimum atomic E-state index is 0.0289. The zero-order valence-corrected chi connectivity index (χ0v) is 11.1. The number of amides is 1. The van der Waals surface area contributed by atoms with Crippen molar-refractivity contribution in [2.24, 2.45) is 5.92 Å². The largest absolute Gasteiger partial charge is 0.326 e. The lowest BCUT2D eigenvalue weighted by Crippen LogP contribution is -2.18. The van der Waals surface area contributed by atoms with Crippen molar-refractivity contribution in [3.8, 4) is 0 Å². The standard InChI is InChI=1S/C15H20N2O/c1-10(2)15(18)16-13-4-3-11-8-17(14-5-6-14)9-12(11)7-13/h3-4,7,10,14H,5-6,8-9H2,1-2H3,(H,16,18). The number of fused-ring (bicyclic) bond motifs is 1. The fourth-order valence-corrected chi connectivity index (χ4v) is 2.48. The number of hydrogen-bond acceptors (Lipinski definition) is 2. The van der Waals surface area contributed by atoms with Crippen molar-refractivity contribution in [2.45, 2.75) is 45.8 Å². The molecule has 1 fully saturated rings. The van der Waals surface area contributed by atoms with Crippen molar-refractivity contribution in [2.75, 3.05) is 5.32 Å². The number of anilines is 1. The second kappa shape index (κ2) is 4.39. The number of nitrogens with one attached hydrogen (secondary N) is 1. The molecule has 3 nitrogen and oxygen atoms in total. The van der Waals surface area contributed by atoms with Gasteiger partial charge in [0.1, 0.15) is 0 Å². The van der Waals surface area contributed by atoms with Gasteiger partial charge in [0.2, 0.25) is 5.91 Å². The molecule has 0 radical (unpaired) electrons. The van der Waals surface area contributed by atoms with Crippen molar-refractivity contribution < 1.29 is 4.79 Å². The van der Waals surface area contributed by atoms with E-state index < -0.39 is 0 Å². The Bertz CT molecular complexity index is 477. The van der Waals surface area contributed by atoms with Crippen LogP contribution < -0.4 is 5.32 Å². The zero-order chi connectivity index (χ0) is 12.7. The quantitative estimate of drug-likeness (QED) is 0.886. The Hall–Kier alpha value is -1.35. The maximum absolute atomic E-state index is 11.7. The first-order valence-electron chi connectivity index (χ1n) is 6.80. The van der Waals surface area contributed by atoms with Crippen LogP contribution in [-0.4, -0.2) is 16.8 Å². The summed E-state index contributed by atoms with van der Waals surface area (Å²) >= 11 is 0. The van der Waals surface area contributed by atoms with Gasteiger partial charge in [0.25, 0.3) is 0 Å². The Labute approximate surface area is 108 Å². The third-order valence-corrected chi connectivity index (χ3v) is 3.81. The highest BCUT2D eigenvalue weighted by molar-refractivity contribution is 5.92. The van der Waals surface area contributed by atoms with E-state index in [4.69, 9.17) is 0 Å². The van der Waals surface area contributed by atoms with Gasteiger partial charge in [-0.3, -0.25) is 9.69 Å². The molecule has 1 saturated carbocycles. The maximum Gasteiger partial charge on any atom is 0.226 e. The lowest BCUT2D eigenvalue weighted by molar-refractivity contribution is -0.118. The van der Waals surface area contributed by atoms with Gasteiger partial charge in [-0.1, -0.05) is 19.9 Å². The van der Waals surface area contributed by atoms with Crippen molar-refractivity contribution in [3.05, 3.63) is 29.3 Å². The molecule has 1 heterocycles. The first-order chi connectivity index (χ1) is 8.63. The summed E-state index contributed by atoms with van der Waals surface area (Å²) in [5.41, 5.74) is 3.73. The van der Waals surface area contributed by atoms with Gasteiger partial charge in [-0.2, -0.15) is 0 Å². The molecule has 3 heteroatoms. The molecule has 1 aromatic rings. The molecule has 0 saturated heterocycles. The maximum atomic E-state index is 11.7. The Morgan fingerprint density at radius 2 is 2.00 bits per heavy atom. The number of carbonyl (C=O) groups excluding carboxylic acids is 1. The van der Waals surface area contributed by atoms with Gasteiger partial charge in [0, 0.05) is 30.7 Å². The van der Waals surface area contributed by atoms with Crippen LogP contribution in [-0.2, 0) is 17.9 Å². The number of nitrogens with zero attached hydrogens (tertiary/aromatic N) is 1. The van der Waals surface area contributed by atoms with Gasteiger partial charge >= 0.3 is 0 Å². The first-order valence-corrected chi connectivity index (χ1v) is 6.80. The van der Waals surface area contributed by atoms with Crippen molar-refractivity contribution >= 4 is 11.6 Å². The minimum absolute atomic E-state index is 0.0289. The van der Waals surface area contributed by atoms with E-state index in [1.807, 2.05) is 19.9 Å². The predicted molar refractivity (Wildman–Crippen MR) is 72.2 cm³/mol. The lowest BCUT2D eigenvalue weighted by atomic mass is 10.1. The summed E-state index contributed by atoms with van der Waals surface area (Å²) in [4.78, 5) is 14.2. The SMILES string of the molecule is CC(C)C(=O)Nc1ccc2c(c1)CN(C1CC1)C2. The Kier molecular flexibility index (Phi) is 2.86. The summed E-state index contributed by atoms with van der Waals surface area (Å²) in [5.74, 6) is 0.119. The molecule has 1 amide bonds. The summed E-state index contributed by atoms with van der Waals surface area (Å²) < 4.78 is 0. The lowest BCUT2D eigenvalue weighted by Gasteiger charge is -2.12. The molecule has 1 aliphatic heterocycles. The number of benzene rings is 1. The average molecular weight is 244 g/mol. The predicted octanol–water partition coefficient (Wildman–Crippen LogP) is 2.76. The van der Waals surface area contributed by atoms with Crippen LogP contribution in [0, 0.1) is 5.92 Å². The third kappa shape index (κ3) is 2.27. The molecule has 0 spiro atoms. The Balaban J connectivity index is 1.72. The molecule has 0 atom stereocenters. The molecule has 1 aromatic carbocycles. The van der Waals surface area contributed by atoms with Crippen LogP contribution in [0.4, 0.5) is 5.69 Å². The van der Waals surface area contributed by atoms with Crippen LogP contribution >= 0.6 is 0 Å². The van der Waals surface area contributed by atoms with Crippen molar-refractivity contribution in [1.82, 2.24) is 4.90 Å². The minimum Gasteiger partial charge on any atom is -0.326 e. The normalized spacial score (nSPS) is 19.1. The van der Waals surface area contributed by atoms with E-state index in [1.54, 1.807) is 0 Å². The fourth-order valence-electron chi connectivity index (χ4n) is 2.48. The average Bonchev–Trinajstić information content (AvgIpc) is 3.09. The molecule has 0 bridgehead atoms. The van der Waals surface area contributed by atoms with E-state index in [1.165, 1.54) is 24.0 Å². The van der Waals surface area contributed by atoms with Crippen LogP contribution in [0.25, 0.3) is 0 Å². The molecule has 0 aromatic heterocycles. The second-order valence-electron chi connectivity index (χ2n) is 5.76. The summed E-state index contributed by atoms with van der Waals surface area (Å²) in [7, 11) is 0. The summed E-state index contributed by atoms with van der Waals surface area (Å²) in [6.07, 6.45) is 2.70. The molecule has 96 valence electrons. The van der Waals surface area contributed by atoms with Gasteiger partial charge in [-0.15, -0.1) is 0 Å². The molecule has 2 aliphatic rings. The molecule has 3 rings (SSSR count). The number of hydrogen-bond donors (Lipinski definition) is 1. The summed E-state index contributed by atoms with van der Waals surface area (Å²) in [6, 6.07) is 7.13. The first kappa shape index (κ1) is 11.7. The van der Waals surface area contributed by atoms with E-state index >= 15 is 0 Å². The van der Waals surface area contributed by atoms with Gasteiger partial charge in [0.15, 0.2) is 0 Å². The van der Waals surface area contributed by atoms with E-state index in [0.717, 1.165) is 24.8 Å². The highest BCUT2D eigenvalue weighted by Crippen LogP contribution is 2.35. The molecule has 0 unspecified atom stereocenters. The molecule has 1 aliphatic carbocycles. The smallest absolute Gasteiger partial charge is 0.226 e. The van der Waals surface area contributed by atoms with Crippen LogP contribution in [0.1, 0.15) is 37.8 Å². The highest BCUT2D eigenvalue weighted by Gasteiger charge is 2.32. The second-order valence-corrected chi connectivity index (χ2v) is 5.76. The van der Waals surface area contributed by atoms with E-state index in [-0.39, 0.29) is 11.8 Å². The van der Waals surface area contributed by atoms with Crippen LogP contribution in [0.15, 0.2) is 18.2 Å². The topological polar surface area (TPSA) is 32.3 Å². The summed E-state index contributed by atoms with van der Waals surface area (Å²) in [6.45, 7) is 5.96. The van der Waals surface area contributed by atoms with E-state index in [9.17, 15) is 4.79 Å². The Morgan fingerprint density at radius 3 is 2.67 bits per heavy atom. The van der Waals surface area contributed by atoms with Crippen molar-refractivity contribution in [1.29, 1.82) is 0 Å². The number of rotatable bonds is 3. The Morgan fingerprint density at radius 1 is 1.28 bits per heavy atom. The van der Waals surface area contributed by atoms with Gasteiger partial charge in [-0.25, -0.2) is 0 Å². The molecule has 1 N–H and O–H groups in total. The van der Waals surface area contributed by atoms with Crippen molar-refractivity contribution in [3.63, 3.8) is 0 Å². The zero-order valence-electron chi connectivity index (χ0n) is 11.1. The van der Waals surface area contributed by atoms with E-state index in [2.05, 4.69) is 22.3 Å². The molecular weight excluding hydrogens is 224 g/mol. The summed E-state index contributed by atoms with van der Waals surface area (Å²) in [5, 5.41) is 2.97. The number of carbonyl (C=O) groups is 1. The van der Waals surface area contributed by atoms with Crippen LogP contribution in [0.2, 0.25) is 0 Å². The molecule has 18 heavy (non-hydrogen) atoms. The third-order valence-electron chi connectivity index (χ3n) is 3.81. The molecular formula is C15H20N2O. The monoisotopic (exact) mass is 244 g/mol. The van der Waals surface area contributed by atoms with Gasteiger partial charge in [0.05, 0.1) is 0 Å².